The second kappa shape index (κ2) is 11.0. The van der Waals surface area contributed by atoms with E-state index in [9.17, 15) is 18.4 Å². The zero-order chi connectivity index (χ0) is 30.5. The van der Waals surface area contributed by atoms with Crippen LogP contribution in [0.1, 0.15) is 56.0 Å². The molecule has 9 nitrogen and oxygen atoms in total. The number of ether oxygens (including phenoxy) is 1. The van der Waals surface area contributed by atoms with E-state index in [1.165, 1.54) is 17.3 Å². The molecule has 43 heavy (non-hydrogen) atoms. The third-order valence-electron chi connectivity index (χ3n) is 8.59. The lowest BCUT2D eigenvalue weighted by molar-refractivity contribution is 0.00350. The summed E-state index contributed by atoms with van der Waals surface area (Å²) in [5.41, 5.74) is 8.10. The molecule has 3 aromatic rings. The molecule has 1 aliphatic carbocycles. The number of nitrogens with zero attached hydrogens (tertiary/aromatic N) is 4. The Bertz CT molecular complexity index is 1640. The lowest BCUT2D eigenvalue weighted by Crippen LogP contribution is -2.48. The lowest BCUT2D eigenvalue weighted by Gasteiger charge is -2.39. The fourth-order valence-electron chi connectivity index (χ4n) is 5.80. The number of aryl methyl sites for hydroxylation is 1. The maximum absolute atomic E-state index is 14.0. The molecular weight excluding hydrogens is 581 g/mol. The minimum Gasteiger partial charge on any atom is -0.381 e. The van der Waals surface area contributed by atoms with E-state index in [0.717, 1.165) is 6.42 Å². The Balaban J connectivity index is 1.42. The van der Waals surface area contributed by atoms with Crippen LogP contribution in [0.5, 0.6) is 0 Å². The summed E-state index contributed by atoms with van der Waals surface area (Å²) in [6, 6.07) is 8.06. The molecule has 1 saturated carbocycles. The highest BCUT2D eigenvalue weighted by Gasteiger charge is 2.56. The maximum Gasteiger partial charge on any atom is 0.262 e. The Labute approximate surface area is 252 Å². The van der Waals surface area contributed by atoms with Gasteiger partial charge in [-0.05, 0) is 44.4 Å². The Kier molecular flexibility index (Phi) is 7.52. The number of hydrazine groups is 2. The zero-order valence-corrected chi connectivity index (χ0v) is 24.7. The molecule has 6 rings (SSSR count). The lowest BCUT2D eigenvalue weighted by atomic mass is 9.81. The Morgan fingerprint density at radius 2 is 2.05 bits per heavy atom. The quantitative estimate of drug-likeness (QED) is 0.230. The topological polar surface area (TPSA) is 110 Å². The smallest absolute Gasteiger partial charge is 0.262 e. The first-order valence-electron chi connectivity index (χ1n) is 14.1. The molecule has 1 aromatic carbocycles. The van der Waals surface area contributed by atoms with E-state index in [2.05, 4.69) is 51.5 Å². The number of benzene rings is 1. The van der Waals surface area contributed by atoms with Crippen LogP contribution in [0.2, 0.25) is 5.02 Å². The largest absolute Gasteiger partial charge is 0.381 e. The van der Waals surface area contributed by atoms with Crippen LogP contribution in [-0.4, -0.2) is 46.2 Å². The van der Waals surface area contributed by atoms with Gasteiger partial charge in [-0.15, -0.1) is 5.53 Å². The molecule has 1 saturated heterocycles. The van der Waals surface area contributed by atoms with E-state index in [1.807, 2.05) is 6.07 Å². The number of halogens is 4. The summed E-state index contributed by atoms with van der Waals surface area (Å²) in [5, 5.41) is 19.4. The monoisotopic (exact) mass is 612 g/mol. The van der Waals surface area contributed by atoms with Crippen molar-refractivity contribution >= 4 is 33.9 Å². The van der Waals surface area contributed by atoms with Crippen molar-refractivity contribution in [1.29, 1.82) is 5.26 Å². The minimum absolute atomic E-state index is 0.0320. The standard InChI is InChI=1S/C30H32ClF3N8O/c1-16-19(4-5-24(32)37-16)27(22-14-42(41-40-22)30(7-8-30)28(33)34)38-18-10-20-25(39-23-6-9-43-15-29(23,2)3)17(12-35)13-36-26(20)21(31)11-18/h4-5,10-11,13-14,23,27-28,38,40-41H,6-9,15H2,1-3H3,(H,36,39)/t23-,27+/m1/s1. The van der Waals surface area contributed by atoms with Crippen molar-refractivity contribution in [3.8, 4) is 6.07 Å². The molecule has 0 spiro atoms. The van der Waals surface area contributed by atoms with Crippen molar-refractivity contribution in [2.45, 2.75) is 64.1 Å². The molecule has 0 bridgehead atoms. The van der Waals surface area contributed by atoms with Gasteiger partial charge in [0.1, 0.15) is 11.6 Å². The average molecular weight is 613 g/mol. The van der Waals surface area contributed by atoms with Gasteiger partial charge in [0.05, 0.1) is 40.1 Å². The number of rotatable bonds is 8. The van der Waals surface area contributed by atoms with Gasteiger partial charge in [0.15, 0.2) is 0 Å². The van der Waals surface area contributed by atoms with Crippen LogP contribution in [0.4, 0.5) is 24.5 Å². The van der Waals surface area contributed by atoms with E-state index < -0.39 is 24.0 Å². The predicted molar refractivity (Wildman–Crippen MR) is 158 cm³/mol. The van der Waals surface area contributed by atoms with Crippen molar-refractivity contribution in [3.63, 3.8) is 0 Å². The molecule has 2 aliphatic heterocycles. The summed E-state index contributed by atoms with van der Waals surface area (Å²) in [7, 11) is 0. The predicted octanol–water partition coefficient (Wildman–Crippen LogP) is 5.95. The normalized spacial score (nSPS) is 21.2. The van der Waals surface area contributed by atoms with Gasteiger partial charge in [-0.1, -0.05) is 31.5 Å². The fourth-order valence-corrected chi connectivity index (χ4v) is 6.06. The van der Waals surface area contributed by atoms with Gasteiger partial charge < -0.3 is 20.8 Å². The van der Waals surface area contributed by atoms with E-state index in [-0.39, 0.29) is 11.5 Å². The molecule has 0 radical (unpaired) electrons. The van der Waals surface area contributed by atoms with Crippen LogP contribution in [-0.2, 0) is 4.74 Å². The molecule has 2 aromatic heterocycles. The Morgan fingerprint density at radius 1 is 1.26 bits per heavy atom. The van der Waals surface area contributed by atoms with E-state index >= 15 is 0 Å². The highest BCUT2D eigenvalue weighted by molar-refractivity contribution is 6.35. The third kappa shape index (κ3) is 5.41. The van der Waals surface area contributed by atoms with Gasteiger partial charge >= 0.3 is 0 Å². The molecular formula is C30H32ClF3N8O. The van der Waals surface area contributed by atoms with Crippen molar-refractivity contribution in [3.05, 3.63) is 70.2 Å². The van der Waals surface area contributed by atoms with Crippen LogP contribution in [0.15, 0.2) is 42.4 Å². The second-order valence-electron chi connectivity index (χ2n) is 12.0. The van der Waals surface area contributed by atoms with Crippen LogP contribution in [0.25, 0.3) is 10.9 Å². The van der Waals surface area contributed by atoms with Crippen LogP contribution < -0.4 is 21.6 Å². The third-order valence-corrected chi connectivity index (χ3v) is 8.88. The molecule has 13 heteroatoms. The fraction of sp³-hybridized carbons (Fsp3) is 0.433. The Hall–Kier alpha value is -3.79. The molecule has 0 amide bonds. The number of pyridine rings is 2. The molecule has 2 atom stereocenters. The summed E-state index contributed by atoms with van der Waals surface area (Å²) in [6.45, 7) is 7.09. The summed E-state index contributed by atoms with van der Waals surface area (Å²) < 4.78 is 47.4. The first kappa shape index (κ1) is 29.3. The zero-order valence-electron chi connectivity index (χ0n) is 23.9. The number of hydrogen-bond acceptors (Lipinski definition) is 9. The van der Waals surface area contributed by atoms with Gasteiger partial charge in [-0.2, -0.15) is 9.65 Å². The van der Waals surface area contributed by atoms with E-state index in [0.29, 0.717) is 75.9 Å². The van der Waals surface area contributed by atoms with Crippen molar-refractivity contribution in [2.75, 3.05) is 23.8 Å². The molecule has 0 unspecified atom stereocenters. The van der Waals surface area contributed by atoms with Gasteiger partial charge in [0.2, 0.25) is 5.95 Å². The number of alkyl halides is 2. The first-order chi connectivity index (χ1) is 20.5. The SMILES string of the molecule is Cc1nc(F)ccc1[C@H](Nc1cc(Cl)c2ncc(C#N)c(N[C@@H]3CCOCC3(C)C)c2c1)C1=CN(C2(C(F)F)CC2)NN1. The summed E-state index contributed by atoms with van der Waals surface area (Å²) >= 11 is 6.77. The van der Waals surface area contributed by atoms with Crippen molar-refractivity contribution in [2.24, 2.45) is 5.41 Å². The minimum atomic E-state index is -2.54. The highest BCUT2D eigenvalue weighted by atomic mass is 35.5. The number of nitrogens with one attached hydrogen (secondary N) is 4. The molecule has 4 heterocycles. The molecule has 4 N–H and O–H groups in total. The van der Waals surface area contributed by atoms with Gasteiger partial charge in [0.25, 0.3) is 6.43 Å². The summed E-state index contributed by atoms with van der Waals surface area (Å²) in [4.78, 5) is 8.46. The summed E-state index contributed by atoms with van der Waals surface area (Å²) in [6.07, 6.45) is 2.05. The molecule has 3 aliphatic rings. The van der Waals surface area contributed by atoms with Crippen LogP contribution in [0.3, 0.4) is 0 Å². The summed E-state index contributed by atoms with van der Waals surface area (Å²) in [5.74, 6) is -0.627. The van der Waals surface area contributed by atoms with Gasteiger partial charge in [-0.3, -0.25) is 9.99 Å². The van der Waals surface area contributed by atoms with Crippen LogP contribution >= 0.6 is 11.6 Å². The van der Waals surface area contributed by atoms with Crippen molar-refractivity contribution < 1.29 is 17.9 Å². The number of aromatic nitrogens is 2. The highest BCUT2D eigenvalue weighted by Crippen LogP contribution is 2.47. The maximum atomic E-state index is 14.0. The first-order valence-corrected chi connectivity index (χ1v) is 14.5. The molecule has 226 valence electrons. The van der Waals surface area contributed by atoms with E-state index in [4.69, 9.17) is 16.3 Å². The number of fused-ring (bicyclic) bond motifs is 1. The van der Waals surface area contributed by atoms with Crippen molar-refractivity contribution in [1.82, 2.24) is 25.9 Å². The van der Waals surface area contributed by atoms with Crippen LogP contribution in [0, 0.1) is 29.6 Å². The second-order valence-corrected chi connectivity index (χ2v) is 12.4. The number of anilines is 2. The van der Waals surface area contributed by atoms with E-state index in [1.54, 1.807) is 25.3 Å². The average Bonchev–Trinajstić information content (AvgIpc) is 3.63. The molecule has 2 fully saturated rings. The number of nitriles is 1. The Morgan fingerprint density at radius 3 is 2.72 bits per heavy atom. The number of hydrogen-bond donors (Lipinski definition) is 4. The van der Waals surface area contributed by atoms with Gasteiger partial charge in [-0.25, -0.2) is 13.8 Å². The van der Waals surface area contributed by atoms with Gasteiger partial charge in [0, 0.05) is 52.8 Å².